The number of nitrogens with two attached hydrogens (primary N) is 1. The summed E-state index contributed by atoms with van der Waals surface area (Å²) in [6.45, 7) is 0. The summed E-state index contributed by atoms with van der Waals surface area (Å²) in [7, 11) is 1.34. The molecule has 0 saturated heterocycles. The molecule has 0 aliphatic heterocycles. The Bertz CT molecular complexity index is 388. The molecule has 1 aromatic rings. The van der Waals surface area contributed by atoms with Gasteiger partial charge in [0.25, 0.3) is 0 Å². The van der Waals surface area contributed by atoms with E-state index in [0.29, 0.717) is 11.3 Å². The number of nitrogen functional groups attached to an aromatic ring is 1. The molecule has 1 aliphatic carbocycles. The van der Waals surface area contributed by atoms with Gasteiger partial charge in [0, 0.05) is 11.9 Å². The lowest BCUT2D eigenvalue weighted by molar-refractivity contribution is 0.0601. The number of hydrogen-bond acceptors (Lipinski definition) is 4. The second-order valence-electron chi connectivity index (χ2n) is 3.36. The average Bonchev–Trinajstić information content (AvgIpc) is 2.66. The molecule has 74 valence electrons. The van der Waals surface area contributed by atoms with Gasteiger partial charge in [0.05, 0.1) is 12.8 Å². The van der Waals surface area contributed by atoms with Crippen molar-refractivity contribution < 1.29 is 9.53 Å². The molecule has 1 aliphatic rings. The summed E-state index contributed by atoms with van der Waals surface area (Å²) in [5.41, 5.74) is 8.84. The molecule has 0 radical (unpaired) electrons. The van der Waals surface area contributed by atoms with E-state index < -0.39 is 5.97 Å². The zero-order valence-corrected chi connectivity index (χ0v) is 8.04. The van der Waals surface area contributed by atoms with Crippen molar-refractivity contribution in [2.75, 3.05) is 12.8 Å². The summed E-state index contributed by atoms with van der Waals surface area (Å²) >= 11 is 0. The van der Waals surface area contributed by atoms with E-state index in [1.54, 1.807) is 0 Å². The molecular formula is C10H12N2O2. The number of methoxy groups -OCH3 is 1. The number of anilines is 1. The standard InChI is InChI=1S/C10H12N2O2/c1-14-10(13)7-5-12-8-4-2-3-6(8)9(7)11/h5H,2-4H2,1H3,(H2,11,12). The van der Waals surface area contributed by atoms with Gasteiger partial charge in [-0.25, -0.2) is 4.79 Å². The Morgan fingerprint density at radius 3 is 3.07 bits per heavy atom. The van der Waals surface area contributed by atoms with Crippen LogP contribution in [-0.4, -0.2) is 18.1 Å². The first-order valence-electron chi connectivity index (χ1n) is 4.58. The zero-order valence-electron chi connectivity index (χ0n) is 8.04. The predicted molar refractivity (Wildman–Crippen MR) is 52.0 cm³/mol. The molecule has 0 fully saturated rings. The van der Waals surface area contributed by atoms with Crippen LogP contribution in [-0.2, 0) is 17.6 Å². The first kappa shape index (κ1) is 8.99. The molecule has 0 bridgehead atoms. The molecule has 4 nitrogen and oxygen atoms in total. The number of esters is 1. The van der Waals surface area contributed by atoms with Gasteiger partial charge in [-0.1, -0.05) is 0 Å². The molecule has 0 aromatic carbocycles. The van der Waals surface area contributed by atoms with Crippen LogP contribution in [0.3, 0.4) is 0 Å². The summed E-state index contributed by atoms with van der Waals surface area (Å²) in [6, 6.07) is 0. The number of nitrogens with zero attached hydrogens (tertiary/aromatic N) is 1. The molecule has 14 heavy (non-hydrogen) atoms. The number of pyridine rings is 1. The summed E-state index contributed by atoms with van der Waals surface area (Å²) in [6.07, 6.45) is 4.45. The van der Waals surface area contributed by atoms with E-state index >= 15 is 0 Å². The van der Waals surface area contributed by atoms with Crippen LogP contribution < -0.4 is 5.73 Å². The van der Waals surface area contributed by atoms with Crippen LogP contribution in [0.2, 0.25) is 0 Å². The van der Waals surface area contributed by atoms with Crippen molar-refractivity contribution in [1.82, 2.24) is 4.98 Å². The second-order valence-corrected chi connectivity index (χ2v) is 3.36. The minimum absolute atomic E-state index is 0.383. The Balaban J connectivity index is 2.50. The van der Waals surface area contributed by atoms with Crippen molar-refractivity contribution in [3.8, 4) is 0 Å². The van der Waals surface area contributed by atoms with Crippen LogP contribution in [0.5, 0.6) is 0 Å². The van der Waals surface area contributed by atoms with Crippen LogP contribution in [0.4, 0.5) is 5.69 Å². The fraction of sp³-hybridized carbons (Fsp3) is 0.400. The van der Waals surface area contributed by atoms with Gasteiger partial charge in [-0.3, -0.25) is 4.98 Å². The lowest BCUT2D eigenvalue weighted by atomic mass is 10.1. The van der Waals surface area contributed by atoms with E-state index in [1.807, 2.05) is 0 Å². The number of aryl methyl sites for hydroxylation is 1. The predicted octanol–water partition coefficient (Wildman–Crippen LogP) is 0.939. The topological polar surface area (TPSA) is 65.2 Å². The van der Waals surface area contributed by atoms with E-state index in [2.05, 4.69) is 9.72 Å². The summed E-state index contributed by atoms with van der Waals surface area (Å²) in [5.74, 6) is -0.412. The molecule has 0 amide bonds. The van der Waals surface area contributed by atoms with Crippen molar-refractivity contribution in [2.24, 2.45) is 0 Å². The Kier molecular flexibility index (Phi) is 2.11. The number of aromatic nitrogens is 1. The molecule has 0 spiro atoms. The lowest BCUT2D eigenvalue weighted by Gasteiger charge is -2.07. The molecule has 1 aromatic heterocycles. The minimum atomic E-state index is -0.412. The maximum absolute atomic E-state index is 11.3. The van der Waals surface area contributed by atoms with Crippen LogP contribution in [0.1, 0.15) is 28.0 Å². The monoisotopic (exact) mass is 192 g/mol. The molecule has 2 N–H and O–H groups in total. The first-order valence-corrected chi connectivity index (χ1v) is 4.58. The van der Waals surface area contributed by atoms with Gasteiger partial charge >= 0.3 is 5.97 Å². The quantitative estimate of drug-likeness (QED) is 0.672. The number of ether oxygens (including phenoxy) is 1. The molecule has 0 atom stereocenters. The van der Waals surface area contributed by atoms with Gasteiger partial charge in [0.1, 0.15) is 5.56 Å². The van der Waals surface area contributed by atoms with Crippen LogP contribution in [0.25, 0.3) is 0 Å². The van der Waals surface area contributed by atoms with E-state index in [0.717, 1.165) is 30.5 Å². The number of carbonyl (C=O) groups is 1. The van der Waals surface area contributed by atoms with Crippen LogP contribution in [0, 0.1) is 0 Å². The highest BCUT2D eigenvalue weighted by atomic mass is 16.5. The van der Waals surface area contributed by atoms with E-state index in [1.165, 1.54) is 13.3 Å². The number of carbonyl (C=O) groups excluding carboxylic acids is 1. The smallest absolute Gasteiger partial charge is 0.341 e. The fourth-order valence-corrected chi connectivity index (χ4v) is 1.81. The Hall–Kier alpha value is -1.58. The highest BCUT2D eigenvalue weighted by molar-refractivity contribution is 5.95. The molecule has 0 saturated carbocycles. The summed E-state index contributed by atoms with van der Waals surface area (Å²) < 4.78 is 4.62. The van der Waals surface area contributed by atoms with Gasteiger partial charge in [-0.05, 0) is 24.8 Å². The van der Waals surface area contributed by atoms with Crippen molar-refractivity contribution in [3.05, 3.63) is 23.0 Å². The van der Waals surface area contributed by atoms with Crippen molar-refractivity contribution in [2.45, 2.75) is 19.3 Å². The third-order valence-electron chi connectivity index (χ3n) is 2.56. The van der Waals surface area contributed by atoms with Crippen molar-refractivity contribution in [3.63, 3.8) is 0 Å². The molecule has 4 heteroatoms. The van der Waals surface area contributed by atoms with Crippen molar-refractivity contribution in [1.29, 1.82) is 0 Å². The average molecular weight is 192 g/mol. The second kappa shape index (κ2) is 3.29. The van der Waals surface area contributed by atoms with Gasteiger partial charge in [0.2, 0.25) is 0 Å². The molecule has 0 unspecified atom stereocenters. The van der Waals surface area contributed by atoms with Gasteiger partial charge in [-0.15, -0.1) is 0 Å². The fourth-order valence-electron chi connectivity index (χ4n) is 1.81. The first-order chi connectivity index (χ1) is 6.74. The SMILES string of the molecule is COC(=O)c1cnc2c(c1N)CCC2. The summed E-state index contributed by atoms with van der Waals surface area (Å²) in [4.78, 5) is 15.5. The highest BCUT2D eigenvalue weighted by Gasteiger charge is 2.20. The molecule has 1 heterocycles. The molecular weight excluding hydrogens is 180 g/mol. The Morgan fingerprint density at radius 2 is 2.36 bits per heavy atom. The third-order valence-corrected chi connectivity index (χ3v) is 2.56. The van der Waals surface area contributed by atoms with Gasteiger partial charge < -0.3 is 10.5 Å². The van der Waals surface area contributed by atoms with E-state index in [9.17, 15) is 4.79 Å². The number of fused-ring (bicyclic) bond motifs is 1. The number of rotatable bonds is 1. The Morgan fingerprint density at radius 1 is 1.57 bits per heavy atom. The van der Waals surface area contributed by atoms with E-state index in [4.69, 9.17) is 5.73 Å². The van der Waals surface area contributed by atoms with Crippen LogP contribution in [0.15, 0.2) is 6.20 Å². The largest absolute Gasteiger partial charge is 0.465 e. The van der Waals surface area contributed by atoms with E-state index in [-0.39, 0.29) is 0 Å². The van der Waals surface area contributed by atoms with Crippen LogP contribution >= 0.6 is 0 Å². The number of hydrogen-bond donors (Lipinski definition) is 1. The summed E-state index contributed by atoms with van der Waals surface area (Å²) in [5, 5.41) is 0. The minimum Gasteiger partial charge on any atom is -0.465 e. The van der Waals surface area contributed by atoms with Crippen molar-refractivity contribution >= 4 is 11.7 Å². The maximum Gasteiger partial charge on any atom is 0.341 e. The third kappa shape index (κ3) is 1.23. The van der Waals surface area contributed by atoms with Gasteiger partial charge in [-0.2, -0.15) is 0 Å². The normalized spacial score (nSPS) is 13.8. The highest BCUT2D eigenvalue weighted by Crippen LogP contribution is 2.27. The maximum atomic E-state index is 11.3. The Labute approximate surface area is 82.1 Å². The zero-order chi connectivity index (χ0) is 10.1. The molecule has 2 rings (SSSR count). The van der Waals surface area contributed by atoms with Gasteiger partial charge in [0.15, 0.2) is 0 Å². The lowest BCUT2D eigenvalue weighted by Crippen LogP contribution is -2.09.